The van der Waals surface area contributed by atoms with Gasteiger partial charge in [0, 0.05) is 13.1 Å². The number of para-hydroxylation sites is 1. The number of nitrogens with one attached hydrogen (secondary N) is 1. The van der Waals surface area contributed by atoms with Gasteiger partial charge >= 0.3 is 0 Å². The molecule has 5 nitrogen and oxygen atoms in total. The molecule has 0 spiro atoms. The van der Waals surface area contributed by atoms with Crippen LogP contribution >= 0.6 is 0 Å². The van der Waals surface area contributed by atoms with Gasteiger partial charge in [0.05, 0.1) is 23.3 Å². The Morgan fingerprint density at radius 1 is 1.12 bits per heavy atom. The Labute approximate surface area is 143 Å². The largest absolute Gasteiger partial charge is 0.392 e. The number of aliphatic hydroxyl groups is 1. The molecule has 2 aliphatic rings. The van der Waals surface area contributed by atoms with Crippen LogP contribution in [0.3, 0.4) is 0 Å². The lowest BCUT2D eigenvalue weighted by Gasteiger charge is -2.31. The van der Waals surface area contributed by atoms with Crippen molar-refractivity contribution in [2.45, 2.75) is 45.1 Å². The van der Waals surface area contributed by atoms with Gasteiger partial charge < -0.3 is 15.3 Å². The molecule has 1 saturated heterocycles. The van der Waals surface area contributed by atoms with E-state index < -0.39 is 6.10 Å². The van der Waals surface area contributed by atoms with Gasteiger partial charge in [-0.1, -0.05) is 19.1 Å². The van der Waals surface area contributed by atoms with Crippen LogP contribution in [0.2, 0.25) is 0 Å². The van der Waals surface area contributed by atoms with Crippen LogP contribution in [-0.4, -0.2) is 41.0 Å². The molecule has 1 aromatic rings. The normalized spacial score (nSPS) is 24.8. The summed E-state index contributed by atoms with van der Waals surface area (Å²) in [4.78, 5) is 27.1. The molecule has 2 unspecified atom stereocenters. The van der Waals surface area contributed by atoms with Crippen LogP contribution in [-0.2, 0) is 4.79 Å². The summed E-state index contributed by atoms with van der Waals surface area (Å²) < 4.78 is 0. The van der Waals surface area contributed by atoms with Gasteiger partial charge in [-0.15, -0.1) is 0 Å². The molecule has 0 bridgehead atoms. The predicted octanol–water partition coefficient (Wildman–Crippen LogP) is 2.66. The van der Waals surface area contributed by atoms with E-state index in [1.165, 1.54) is 0 Å². The molecule has 0 aromatic heterocycles. The van der Waals surface area contributed by atoms with Gasteiger partial charge in [0.2, 0.25) is 5.91 Å². The number of hydrogen-bond donors (Lipinski definition) is 2. The zero-order chi connectivity index (χ0) is 17.1. The number of carbonyl (C=O) groups excluding carboxylic acids is 2. The maximum atomic E-state index is 12.8. The molecule has 2 atom stereocenters. The summed E-state index contributed by atoms with van der Waals surface area (Å²) in [6, 6.07) is 7.16. The number of carbonyl (C=O) groups is 2. The molecule has 1 aromatic carbocycles. The lowest BCUT2D eigenvalue weighted by atomic mass is 9.98. The van der Waals surface area contributed by atoms with Crippen LogP contribution in [0, 0.1) is 11.8 Å². The standard InChI is InChI=1S/C19H26N2O3/c1-13-9-11-21(12-10-13)19(24)14-5-2-3-7-16(14)20-18(23)15-6-4-8-17(15)22/h2-3,5,7,13,15,17,22H,4,6,8-12H2,1H3,(H,20,23). The third-order valence-corrected chi connectivity index (χ3v) is 5.30. The smallest absolute Gasteiger partial charge is 0.255 e. The van der Waals surface area contributed by atoms with Crippen molar-refractivity contribution in [1.29, 1.82) is 0 Å². The molecule has 1 aliphatic heterocycles. The van der Waals surface area contributed by atoms with Crippen molar-refractivity contribution in [3.63, 3.8) is 0 Å². The highest BCUT2D eigenvalue weighted by atomic mass is 16.3. The van der Waals surface area contributed by atoms with Crippen LogP contribution < -0.4 is 5.32 Å². The molecule has 24 heavy (non-hydrogen) atoms. The van der Waals surface area contributed by atoms with E-state index in [-0.39, 0.29) is 17.7 Å². The van der Waals surface area contributed by atoms with Gasteiger partial charge in [-0.3, -0.25) is 9.59 Å². The van der Waals surface area contributed by atoms with Crippen LogP contribution in [0.15, 0.2) is 24.3 Å². The zero-order valence-corrected chi connectivity index (χ0v) is 14.2. The van der Waals surface area contributed by atoms with E-state index in [2.05, 4.69) is 12.2 Å². The highest BCUT2D eigenvalue weighted by Crippen LogP contribution is 2.28. The molecule has 2 amide bonds. The third kappa shape index (κ3) is 3.61. The number of aliphatic hydroxyl groups excluding tert-OH is 1. The number of nitrogens with zero attached hydrogens (tertiary/aromatic N) is 1. The van der Waals surface area contributed by atoms with Gasteiger partial charge in [0.15, 0.2) is 0 Å². The second-order valence-electron chi connectivity index (χ2n) is 7.11. The minimum atomic E-state index is -0.573. The number of piperidine rings is 1. The van der Waals surface area contributed by atoms with Crippen molar-refractivity contribution >= 4 is 17.5 Å². The Balaban J connectivity index is 1.73. The Hall–Kier alpha value is -1.88. The van der Waals surface area contributed by atoms with Gasteiger partial charge in [0.25, 0.3) is 5.91 Å². The van der Waals surface area contributed by atoms with Gasteiger partial charge in [-0.25, -0.2) is 0 Å². The molecule has 3 rings (SSSR count). The quantitative estimate of drug-likeness (QED) is 0.895. The molecular formula is C19H26N2O3. The summed E-state index contributed by atoms with van der Waals surface area (Å²) in [7, 11) is 0. The van der Waals surface area contributed by atoms with Crippen LogP contribution in [0.25, 0.3) is 0 Å². The molecule has 2 fully saturated rings. The van der Waals surface area contributed by atoms with E-state index in [4.69, 9.17) is 0 Å². The second kappa shape index (κ2) is 7.34. The van der Waals surface area contributed by atoms with Crippen molar-refractivity contribution in [1.82, 2.24) is 4.90 Å². The lowest BCUT2D eigenvalue weighted by molar-refractivity contribution is -0.122. The predicted molar refractivity (Wildman–Crippen MR) is 92.7 cm³/mol. The van der Waals surface area contributed by atoms with Crippen molar-refractivity contribution < 1.29 is 14.7 Å². The number of likely N-dealkylation sites (tertiary alicyclic amines) is 1. The Morgan fingerprint density at radius 3 is 2.50 bits per heavy atom. The van der Waals surface area contributed by atoms with Crippen molar-refractivity contribution in [2.75, 3.05) is 18.4 Å². The number of rotatable bonds is 3. The van der Waals surface area contributed by atoms with E-state index >= 15 is 0 Å². The van der Waals surface area contributed by atoms with E-state index in [0.717, 1.165) is 32.4 Å². The Kier molecular flexibility index (Phi) is 5.19. The van der Waals surface area contributed by atoms with Gasteiger partial charge in [0.1, 0.15) is 0 Å². The number of hydrogen-bond acceptors (Lipinski definition) is 3. The first-order valence-corrected chi connectivity index (χ1v) is 8.93. The van der Waals surface area contributed by atoms with E-state index in [9.17, 15) is 14.7 Å². The van der Waals surface area contributed by atoms with Crippen LogP contribution in [0.1, 0.15) is 49.4 Å². The minimum Gasteiger partial charge on any atom is -0.392 e. The van der Waals surface area contributed by atoms with E-state index in [1.54, 1.807) is 12.1 Å². The molecule has 0 radical (unpaired) electrons. The summed E-state index contributed by atoms with van der Waals surface area (Å²) in [5.74, 6) is 0.0779. The Bertz CT molecular complexity index is 608. The lowest BCUT2D eigenvalue weighted by Crippen LogP contribution is -2.38. The summed E-state index contributed by atoms with van der Waals surface area (Å²) in [6.07, 6.45) is 3.71. The number of benzene rings is 1. The fraction of sp³-hybridized carbons (Fsp3) is 0.579. The molecule has 2 N–H and O–H groups in total. The number of amides is 2. The first-order valence-electron chi connectivity index (χ1n) is 8.93. The second-order valence-corrected chi connectivity index (χ2v) is 7.11. The summed E-state index contributed by atoms with van der Waals surface area (Å²) in [5, 5.41) is 12.8. The Morgan fingerprint density at radius 2 is 1.83 bits per heavy atom. The average Bonchev–Trinajstić information content (AvgIpc) is 3.01. The first kappa shape index (κ1) is 17.0. The summed E-state index contributed by atoms with van der Waals surface area (Å²) in [6.45, 7) is 3.75. The zero-order valence-electron chi connectivity index (χ0n) is 14.2. The molecule has 1 heterocycles. The van der Waals surface area contributed by atoms with Gasteiger partial charge in [-0.05, 0) is 50.2 Å². The van der Waals surface area contributed by atoms with Crippen molar-refractivity contribution in [3.05, 3.63) is 29.8 Å². The molecule has 130 valence electrons. The maximum Gasteiger partial charge on any atom is 0.255 e. The highest BCUT2D eigenvalue weighted by molar-refractivity contribution is 6.04. The summed E-state index contributed by atoms with van der Waals surface area (Å²) >= 11 is 0. The fourth-order valence-corrected chi connectivity index (χ4v) is 3.63. The monoisotopic (exact) mass is 330 g/mol. The van der Waals surface area contributed by atoms with Crippen LogP contribution in [0.4, 0.5) is 5.69 Å². The highest BCUT2D eigenvalue weighted by Gasteiger charge is 2.32. The SMILES string of the molecule is CC1CCN(C(=O)c2ccccc2NC(=O)C2CCCC2O)CC1. The van der Waals surface area contributed by atoms with Crippen molar-refractivity contribution in [2.24, 2.45) is 11.8 Å². The van der Waals surface area contributed by atoms with E-state index in [0.29, 0.717) is 30.0 Å². The third-order valence-electron chi connectivity index (χ3n) is 5.30. The van der Waals surface area contributed by atoms with E-state index in [1.807, 2.05) is 17.0 Å². The topological polar surface area (TPSA) is 69.6 Å². The van der Waals surface area contributed by atoms with Crippen molar-refractivity contribution in [3.8, 4) is 0 Å². The first-order chi connectivity index (χ1) is 11.6. The number of anilines is 1. The molecular weight excluding hydrogens is 304 g/mol. The van der Waals surface area contributed by atoms with Gasteiger partial charge in [-0.2, -0.15) is 0 Å². The average molecular weight is 330 g/mol. The molecule has 1 saturated carbocycles. The molecule has 5 heteroatoms. The van der Waals surface area contributed by atoms with Crippen LogP contribution in [0.5, 0.6) is 0 Å². The minimum absolute atomic E-state index is 0.0234. The fourth-order valence-electron chi connectivity index (χ4n) is 3.63. The molecule has 1 aliphatic carbocycles. The maximum absolute atomic E-state index is 12.8. The summed E-state index contributed by atoms with van der Waals surface area (Å²) in [5.41, 5.74) is 1.08.